The lowest BCUT2D eigenvalue weighted by atomic mass is 10.1. The van der Waals surface area contributed by atoms with Gasteiger partial charge in [-0.05, 0) is 17.7 Å². The van der Waals surface area contributed by atoms with Crippen LogP contribution in [0.5, 0.6) is 0 Å². The van der Waals surface area contributed by atoms with Gasteiger partial charge < -0.3 is 0 Å². The van der Waals surface area contributed by atoms with Gasteiger partial charge in [0, 0.05) is 16.6 Å². The Morgan fingerprint density at radius 3 is 2.42 bits per heavy atom. The van der Waals surface area contributed by atoms with Crippen LogP contribution in [0.4, 0.5) is 0 Å². The van der Waals surface area contributed by atoms with E-state index in [0.717, 1.165) is 10.0 Å². The molecule has 0 aliphatic heterocycles. The van der Waals surface area contributed by atoms with Crippen LogP contribution in [0.1, 0.15) is 5.56 Å². The van der Waals surface area contributed by atoms with Crippen LogP contribution < -0.4 is 0 Å². The van der Waals surface area contributed by atoms with Crippen LogP contribution in [-0.2, 0) is 11.2 Å². The van der Waals surface area contributed by atoms with Crippen molar-refractivity contribution in [1.29, 1.82) is 0 Å². The van der Waals surface area contributed by atoms with Gasteiger partial charge in [-0.15, -0.1) is 0 Å². The summed E-state index contributed by atoms with van der Waals surface area (Å²) >= 11 is 7.24. The van der Waals surface area contributed by atoms with E-state index in [1.165, 1.54) is 0 Å². The third kappa shape index (κ3) is 2.99. The van der Waals surface area contributed by atoms with Crippen molar-refractivity contribution < 1.29 is 4.79 Å². The first-order valence-electron chi connectivity index (χ1n) is 3.59. The van der Waals surface area contributed by atoms with Crippen molar-refractivity contribution in [2.75, 3.05) is 5.75 Å². The minimum Gasteiger partial charge on any atom is -0.298 e. The van der Waals surface area contributed by atoms with Gasteiger partial charge in [-0.1, -0.05) is 28.1 Å². The molecule has 0 bridgehead atoms. The summed E-state index contributed by atoms with van der Waals surface area (Å²) in [5.41, 5.74) is 1.04. The third-order valence-electron chi connectivity index (χ3n) is 1.49. The Bertz CT molecular complexity index is 268. The maximum absolute atomic E-state index is 11.0. The van der Waals surface area contributed by atoms with Crippen molar-refractivity contribution in [3.63, 3.8) is 0 Å². The summed E-state index contributed by atoms with van der Waals surface area (Å²) < 4.78 is 1.03. The van der Waals surface area contributed by atoms with Crippen molar-refractivity contribution in [3.05, 3.63) is 34.3 Å². The fourth-order valence-electron chi connectivity index (χ4n) is 0.886. The lowest BCUT2D eigenvalue weighted by Gasteiger charge is -1.97. The van der Waals surface area contributed by atoms with Gasteiger partial charge in [0.1, 0.15) is 5.78 Å². The van der Waals surface area contributed by atoms with Crippen LogP contribution in [0.2, 0.25) is 0 Å². The topological polar surface area (TPSA) is 17.1 Å². The molecular formula is C9H9BrOS. The second-order valence-electron chi connectivity index (χ2n) is 2.50. The lowest BCUT2D eigenvalue weighted by molar-refractivity contribution is -0.115. The number of hydrogen-bond acceptors (Lipinski definition) is 2. The highest BCUT2D eigenvalue weighted by atomic mass is 79.9. The Morgan fingerprint density at radius 1 is 1.33 bits per heavy atom. The smallest absolute Gasteiger partial charge is 0.146 e. The Hall–Kier alpha value is -0.280. The number of ketones is 1. The van der Waals surface area contributed by atoms with Crippen molar-refractivity contribution in [3.8, 4) is 0 Å². The second kappa shape index (κ2) is 4.67. The number of benzene rings is 1. The highest BCUT2D eigenvalue weighted by molar-refractivity contribution is 9.10. The molecule has 0 fully saturated rings. The number of hydrogen-bond donors (Lipinski definition) is 1. The summed E-state index contributed by atoms with van der Waals surface area (Å²) in [7, 11) is 0. The minimum absolute atomic E-state index is 0.153. The van der Waals surface area contributed by atoms with Crippen molar-refractivity contribution >= 4 is 34.3 Å². The summed E-state index contributed by atoms with van der Waals surface area (Å²) in [4.78, 5) is 11.0. The van der Waals surface area contributed by atoms with Crippen LogP contribution in [0.3, 0.4) is 0 Å². The number of carbonyl (C=O) groups excluding carboxylic acids is 1. The molecule has 0 atom stereocenters. The normalized spacial score (nSPS) is 9.83. The summed E-state index contributed by atoms with van der Waals surface area (Å²) in [5.74, 6) is 0.469. The predicted octanol–water partition coefficient (Wildman–Crippen LogP) is 2.49. The van der Waals surface area contributed by atoms with Gasteiger partial charge in [0.2, 0.25) is 0 Å². The van der Waals surface area contributed by atoms with Gasteiger partial charge in [0.25, 0.3) is 0 Å². The van der Waals surface area contributed by atoms with Crippen molar-refractivity contribution in [1.82, 2.24) is 0 Å². The maximum atomic E-state index is 11.0. The molecule has 0 saturated heterocycles. The average Bonchev–Trinajstić information content (AvgIpc) is 2.09. The highest BCUT2D eigenvalue weighted by Crippen LogP contribution is 2.11. The molecule has 12 heavy (non-hydrogen) atoms. The SMILES string of the molecule is O=C(CS)Cc1ccc(Br)cc1. The Balaban J connectivity index is 2.64. The summed E-state index contributed by atoms with van der Waals surface area (Å²) in [6.07, 6.45) is 0.483. The van der Waals surface area contributed by atoms with E-state index in [4.69, 9.17) is 0 Å². The Kier molecular flexibility index (Phi) is 3.82. The van der Waals surface area contributed by atoms with Gasteiger partial charge in [0.05, 0.1) is 0 Å². The fraction of sp³-hybridized carbons (Fsp3) is 0.222. The third-order valence-corrected chi connectivity index (χ3v) is 2.37. The first-order valence-corrected chi connectivity index (χ1v) is 5.02. The lowest BCUT2D eigenvalue weighted by Crippen LogP contribution is -2.03. The highest BCUT2D eigenvalue weighted by Gasteiger charge is 1.99. The van der Waals surface area contributed by atoms with E-state index >= 15 is 0 Å². The van der Waals surface area contributed by atoms with Crippen molar-refractivity contribution in [2.45, 2.75) is 6.42 Å². The van der Waals surface area contributed by atoms with Crippen LogP contribution >= 0.6 is 28.6 Å². The molecule has 0 heterocycles. The first-order chi connectivity index (χ1) is 5.72. The molecule has 0 spiro atoms. The summed E-state index contributed by atoms with van der Waals surface area (Å²) in [6, 6.07) is 7.74. The molecule has 0 aliphatic carbocycles. The molecule has 1 rings (SSSR count). The van der Waals surface area contributed by atoms with E-state index in [-0.39, 0.29) is 5.78 Å². The average molecular weight is 245 g/mol. The largest absolute Gasteiger partial charge is 0.298 e. The van der Waals surface area contributed by atoms with E-state index in [2.05, 4.69) is 28.6 Å². The number of carbonyl (C=O) groups is 1. The van der Waals surface area contributed by atoms with E-state index in [1.54, 1.807) is 0 Å². The zero-order valence-corrected chi connectivity index (χ0v) is 8.94. The zero-order valence-electron chi connectivity index (χ0n) is 6.46. The predicted molar refractivity (Wildman–Crippen MR) is 56.7 cm³/mol. The van der Waals surface area contributed by atoms with Gasteiger partial charge in [-0.3, -0.25) is 4.79 Å². The minimum atomic E-state index is 0.153. The maximum Gasteiger partial charge on any atom is 0.146 e. The van der Waals surface area contributed by atoms with E-state index in [0.29, 0.717) is 12.2 Å². The molecule has 3 heteroatoms. The first kappa shape index (κ1) is 9.81. The molecule has 0 aromatic heterocycles. The van der Waals surface area contributed by atoms with Gasteiger partial charge in [0.15, 0.2) is 0 Å². The number of thiol groups is 1. The molecule has 0 radical (unpaired) electrons. The van der Waals surface area contributed by atoms with Crippen LogP contribution in [0, 0.1) is 0 Å². The summed E-state index contributed by atoms with van der Waals surface area (Å²) in [5, 5.41) is 0. The number of halogens is 1. The standard InChI is InChI=1S/C9H9BrOS/c10-8-3-1-7(2-4-8)5-9(11)6-12/h1-4,12H,5-6H2. The van der Waals surface area contributed by atoms with Crippen LogP contribution in [0.15, 0.2) is 28.7 Å². The molecule has 0 N–H and O–H groups in total. The van der Waals surface area contributed by atoms with E-state index in [1.807, 2.05) is 24.3 Å². The molecule has 0 saturated carbocycles. The number of Topliss-reactive ketones (excluding diaryl/α,β-unsaturated/α-hetero) is 1. The van der Waals surface area contributed by atoms with Gasteiger partial charge in [-0.25, -0.2) is 0 Å². The van der Waals surface area contributed by atoms with Gasteiger partial charge in [-0.2, -0.15) is 12.6 Å². The van der Waals surface area contributed by atoms with E-state index in [9.17, 15) is 4.79 Å². The molecular weight excluding hydrogens is 236 g/mol. The van der Waals surface area contributed by atoms with Crippen molar-refractivity contribution in [2.24, 2.45) is 0 Å². The molecule has 1 nitrogen and oxygen atoms in total. The molecule has 1 aromatic rings. The molecule has 0 amide bonds. The van der Waals surface area contributed by atoms with Crippen LogP contribution in [0.25, 0.3) is 0 Å². The van der Waals surface area contributed by atoms with Gasteiger partial charge >= 0.3 is 0 Å². The summed E-state index contributed by atoms with van der Waals surface area (Å²) in [6.45, 7) is 0. The Labute approximate surface area is 85.7 Å². The molecule has 1 aromatic carbocycles. The Morgan fingerprint density at radius 2 is 1.92 bits per heavy atom. The number of rotatable bonds is 3. The second-order valence-corrected chi connectivity index (χ2v) is 3.73. The zero-order chi connectivity index (χ0) is 8.97. The fourth-order valence-corrected chi connectivity index (χ4v) is 1.26. The van der Waals surface area contributed by atoms with E-state index < -0.39 is 0 Å². The van der Waals surface area contributed by atoms with Crippen LogP contribution in [-0.4, -0.2) is 11.5 Å². The quantitative estimate of drug-likeness (QED) is 0.809. The molecule has 0 unspecified atom stereocenters. The monoisotopic (exact) mass is 244 g/mol. The molecule has 0 aliphatic rings. The molecule has 64 valence electrons.